The zero-order valence-electron chi connectivity index (χ0n) is 19.5. The first kappa shape index (κ1) is 26.7. The molecule has 1 aromatic heterocycles. The fraction of sp³-hybridized carbons (Fsp3) is 0.391. The number of aromatic nitrogens is 4. The number of carbonyl (C=O) groups excluding carboxylic acids is 1. The molecule has 1 aliphatic rings. The van der Waals surface area contributed by atoms with Crippen LogP contribution < -0.4 is 4.31 Å². The first-order chi connectivity index (χ1) is 17.3. The summed E-state index contributed by atoms with van der Waals surface area (Å²) in [7, 11) is -4.33. The van der Waals surface area contributed by atoms with Gasteiger partial charge in [-0.05, 0) is 61.2 Å². The van der Waals surface area contributed by atoms with Crippen molar-refractivity contribution in [2.24, 2.45) is 0 Å². The van der Waals surface area contributed by atoms with Gasteiger partial charge in [0.2, 0.25) is 0 Å². The van der Waals surface area contributed by atoms with E-state index in [1.807, 2.05) is 0 Å². The van der Waals surface area contributed by atoms with Gasteiger partial charge in [-0.25, -0.2) is 12.8 Å². The lowest BCUT2D eigenvalue weighted by molar-refractivity contribution is -0.258. The van der Waals surface area contributed by atoms with Crippen LogP contribution in [0.4, 0.5) is 23.2 Å². The van der Waals surface area contributed by atoms with Crippen LogP contribution >= 0.6 is 0 Å². The third kappa shape index (κ3) is 5.34. The summed E-state index contributed by atoms with van der Waals surface area (Å²) in [4.78, 5) is 12.5. The summed E-state index contributed by atoms with van der Waals surface area (Å²) < 4.78 is 82.1. The zero-order valence-corrected chi connectivity index (χ0v) is 20.4. The van der Waals surface area contributed by atoms with E-state index in [2.05, 4.69) is 20.6 Å². The number of benzene rings is 2. The maximum atomic E-state index is 13.7. The SMILES string of the molecule is CC(O)(c1ccc2c(c1)CC[C@@H](CC(=O)CCc1nn[nH]n1)N2S(=O)(=O)c1ccc(F)cc1)C(F)(F)F. The number of tetrazole rings is 1. The number of aromatic amines is 1. The predicted molar refractivity (Wildman–Crippen MR) is 122 cm³/mol. The van der Waals surface area contributed by atoms with Crippen molar-refractivity contribution in [3.63, 3.8) is 0 Å². The standard InChI is InChI=1S/C23H23F4N5O4S/c1-22(34,23(25,26)27)15-3-10-20-14(12-15)2-6-17(13-18(33)7-11-21-28-30-31-29-21)32(20)37(35,36)19-8-4-16(24)5-9-19/h3-5,8-10,12,17,34H,2,6-7,11,13H2,1H3,(H,28,29,30,31)/t17-,22?/m0/s1. The van der Waals surface area contributed by atoms with Gasteiger partial charge in [0.05, 0.1) is 16.6 Å². The number of nitrogens with one attached hydrogen (secondary N) is 1. The van der Waals surface area contributed by atoms with Crippen LogP contribution in [-0.4, -0.2) is 52.1 Å². The molecule has 0 bridgehead atoms. The van der Waals surface area contributed by atoms with Gasteiger partial charge in [-0.2, -0.15) is 18.4 Å². The fourth-order valence-corrected chi connectivity index (χ4v) is 5.96. The van der Waals surface area contributed by atoms with Crippen molar-refractivity contribution in [2.75, 3.05) is 4.31 Å². The number of aliphatic hydroxyl groups is 1. The van der Waals surface area contributed by atoms with Crippen molar-refractivity contribution in [1.82, 2.24) is 20.6 Å². The second-order valence-electron chi connectivity index (χ2n) is 8.93. The van der Waals surface area contributed by atoms with Crippen molar-refractivity contribution in [2.45, 2.75) is 61.7 Å². The highest BCUT2D eigenvalue weighted by molar-refractivity contribution is 7.92. The molecular weight excluding hydrogens is 518 g/mol. The van der Waals surface area contributed by atoms with E-state index in [1.54, 1.807) is 0 Å². The van der Waals surface area contributed by atoms with Gasteiger partial charge in [0.25, 0.3) is 10.0 Å². The van der Waals surface area contributed by atoms with Crippen molar-refractivity contribution in [3.05, 3.63) is 65.2 Å². The molecule has 2 atom stereocenters. The van der Waals surface area contributed by atoms with Crippen molar-refractivity contribution in [3.8, 4) is 0 Å². The van der Waals surface area contributed by atoms with E-state index in [9.17, 15) is 35.9 Å². The summed E-state index contributed by atoms with van der Waals surface area (Å²) in [6, 6.07) is 6.62. The number of sulfonamides is 1. The summed E-state index contributed by atoms with van der Waals surface area (Å²) >= 11 is 0. The average Bonchev–Trinajstić information content (AvgIpc) is 3.35. The highest BCUT2D eigenvalue weighted by Gasteiger charge is 2.51. The fourth-order valence-electron chi connectivity index (χ4n) is 4.24. The first-order valence-corrected chi connectivity index (χ1v) is 12.7. The molecule has 0 saturated carbocycles. The molecule has 0 fully saturated rings. The minimum Gasteiger partial charge on any atom is -0.376 e. The van der Waals surface area contributed by atoms with E-state index in [0.29, 0.717) is 12.7 Å². The Morgan fingerprint density at radius 2 is 1.89 bits per heavy atom. The largest absolute Gasteiger partial charge is 0.421 e. The quantitative estimate of drug-likeness (QED) is 0.419. The molecule has 37 heavy (non-hydrogen) atoms. The molecule has 4 rings (SSSR count). The zero-order chi connectivity index (χ0) is 27.0. The predicted octanol–water partition coefficient (Wildman–Crippen LogP) is 3.21. The number of halogens is 4. The molecule has 0 saturated heterocycles. The normalized spacial score (nSPS) is 17.8. The highest BCUT2D eigenvalue weighted by atomic mass is 32.2. The monoisotopic (exact) mass is 541 g/mol. The number of fused-ring (bicyclic) bond motifs is 1. The van der Waals surface area contributed by atoms with Crippen LogP contribution in [0.3, 0.4) is 0 Å². The van der Waals surface area contributed by atoms with Gasteiger partial charge in [-0.1, -0.05) is 17.3 Å². The summed E-state index contributed by atoms with van der Waals surface area (Å²) in [5.41, 5.74) is -3.23. The molecular formula is C23H23F4N5O4S. The second-order valence-corrected chi connectivity index (χ2v) is 10.7. The van der Waals surface area contributed by atoms with Crippen molar-refractivity contribution >= 4 is 21.5 Å². The van der Waals surface area contributed by atoms with E-state index in [0.717, 1.165) is 40.7 Å². The lowest BCUT2D eigenvalue weighted by atomic mass is 9.88. The van der Waals surface area contributed by atoms with Crippen molar-refractivity contribution < 1.29 is 35.9 Å². The Morgan fingerprint density at radius 1 is 1.19 bits per heavy atom. The van der Waals surface area contributed by atoms with E-state index in [4.69, 9.17) is 0 Å². The summed E-state index contributed by atoms with van der Waals surface area (Å²) in [6.45, 7) is 0.621. The number of anilines is 1. The number of hydrogen-bond donors (Lipinski definition) is 2. The van der Waals surface area contributed by atoms with Gasteiger partial charge in [0, 0.05) is 19.3 Å². The molecule has 0 amide bonds. The van der Waals surface area contributed by atoms with Crippen LogP contribution in [0.5, 0.6) is 0 Å². The topological polar surface area (TPSA) is 129 Å². The molecule has 1 unspecified atom stereocenters. The molecule has 2 N–H and O–H groups in total. The molecule has 1 aliphatic heterocycles. The summed E-state index contributed by atoms with van der Waals surface area (Å²) in [5, 5.41) is 23.3. The number of H-pyrrole nitrogens is 1. The minimum atomic E-state index is -4.95. The van der Waals surface area contributed by atoms with Gasteiger partial charge in [-0.15, -0.1) is 10.2 Å². The van der Waals surface area contributed by atoms with Crippen LogP contribution in [0.2, 0.25) is 0 Å². The third-order valence-corrected chi connectivity index (χ3v) is 8.24. The number of alkyl halides is 3. The maximum absolute atomic E-state index is 13.7. The molecule has 9 nitrogen and oxygen atoms in total. The van der Waals surface area contributed by atoms with Crippen LogP contribution in [-0.2, 0) is 33.3 Å². The summed E-state index contributed by atoms with van der Waals surface area (Å²) in [6.07, 6.45) is -4.59. The molecule has 198 valence electrons. The number of nitrogens with zero attached hydrogens (tertiary/aromatic N) is 4. The van der Waals surface area contributed by atoms with Crippen LogP contribution in [0.1, 0.15) is 43.1 Å². The molecule has 2 heterocycles. The molecule has 0 radical (unpaired) electrons. The van der Waals surface area contributed by atoms with Crippen molar-refractivity contribution in [1.29, 1.82) is 0 Å². The number of Topliss-reactive ketones (excluding diaryl/α,β-unsaturated/α-hetero) is 1. The number of aryl methyl sites for hydroxylation is 2. The van der Waals surface area contributed by atoms with E-state index in [-0.39, 0.29) is 54.0 Å². The van der Waals surface area contributed by atoms with Crippen LogP contribution in [0.15, 0.2) is 47.4 Å². The number of rotatable bonds is 8. The van der Waals surface area contributed by atoms with Crippen LogP contribution in [0.25, 0.3) is 0 Å². The maximum Gasteiger partial charge on any atom is 0.421 e. The molecule has 2 aromatic carbocycles. The van der Waals surface area contributed by atoms with E-state index in [1.165, 1.54) is 6.07 Å². The Hall–Kier alpha value is -3.39. The first-order valence-electron chi connectivity index (χ1n) is 11.3. The number of hydrogen-bond acceptors (Lipinski definition) is 7. The Balaban J connectivity index is 1.70. The van der Waals surface area contributed by atoms with Gasteiger partial charge < -0.3 is 5.11 Å². The second kappa shape index (κ2) is 9.82. The highest BCUT2D eigenvalue weighted by Crippen LogP contribution is 2.43. The lowest BCUT2D eigenvalue weighted by Crippen LogP contribution is -2.45. The Kier molecular flexibility index (Phi) is 7.08. The minimum absolute atomic E-state index is 0.0285. The summed E-state index contributed by atoms with van der Waals surface area (Å²) in [5.74, 6) is -0.596. The number of carbonyl (C=O) groups is 1. The number of ketones is 1. The van der Waals surface area contributed by atoms with E-state index >= 15 is 0 Å². The van der Waals surface area contributed by atoms with Gasteiger partial charge >= 0.3 is 6.18 Å². The van der Waals surface area contributed by atoms with Crippen LogP contribution in [0, 0.1) is 5.82 Å². The Morgan fingerprint density at radius 3 is 2.51 bits per heavy atom. The third-order valence-electron chi connectivity index (χ3n) is 6.36. The smallest absolute Gasteiger partial charge is 0.376 e. The average molecular weight is 542 g/mol. The van der Waals surface area contributed by atoms with Gasteiger partial charge in [0.15, 0.2) is 11.4 Å². The Bertz CT molecular complexity index is 1380. The molecule has 3 aromatic rings. The molecule has 0 aliphatic carbocycles. The van der Waals surface area contributed by atoms with Gasteiger partial charge in [-0.3, -0.25) is 9.10 Å². The molecule has 14 heteroatoms. The lowest BCUT2D eigenvalue weighted by Gasteiger charge is -2.38. The van der Waals surface area contributed by atoms with E-state index < -0.39 is 39.2 Å². The Labute approximate surface area is 209 Å². The molecule has 0 spiro atoms. The van der Waals surface area contributed by atoms with Gasteiger partial charge in [0.1, 0.15) is 11.6 Å².